The van der Waals surface area contributed by atoms with Crippen molar-refractivity contribution in [3.05, 3.63) is 43.2 Å². The van der Waals surface area contributed by atoms with Gasteiger partial charge in [0.05, 0.1) is 17.7 Å². The molecule has 9 heteroatoms. The quantitative estimate of drug-likeness (QED) is 0.455. The Hall–Kier alpha value is -1.90. The molecule has 0 atom stereocenters. The largest absolute Gasteiger partial charge is 0.506 e. The number of carbonyl (C=O) groups is 2. The van der Waals surface area contributed by atoms with E-state index in [9.17, 15) is 14.7 Å². The molecule has 1 heterocycles. The van der Waals surface area contributed by atoms with Crippen molar-refractivity contribution in [2.75, 3.05) is 13.2 Å². The van der Waals surface area contributed by atoms with Crippen LogP contribution in [0.1, 0.15) is 45.0 Å². The lowest BCUT2D eigenvalue weighted by Gasteiger charge is -2.04. The number of benzene rings is 1. The molecule has 0 spiro atoms. The predicted octanol–water partition coefficient (Wildman–Crippen LogP) is 5.28. The van der Waals surface area contributed by atoms with Crippen molar-refractivity contribution in [2.45, 2.75) is 20.8 Å². The fourth-order valence-corrected chi connectivity index (χ4v) is 4.11. The van der Waals surface area contributed by atoms with Gasteiger partial charge in [-0.05, 0) is 54.4 Å². The van der Waals surface area contributed by atoms with E-state index in [1.807, 2.05) is 0 Å². The van der Waals surface area contributed by atoms with Crippen molar-refractivity contribution in [2.24, 2.45) is 4.99 Å². The molecule has 1 aromatic heterocycles. The van der Waals surface area contributed by atoms with E-state index < -0.39 is 11.9 Å². The van der Waals surface area contributed by atoms with Crippen molar-refractivity contribution in [1.29, 1.82) is 0 Å². The Morgan fingerprint density at radius 1 is 1.26 bits per heavy atom. The van der Waals surface area contributed by atoms with Crippen molar-refractivity contribution in [3.8, 4) is 5.75 Å². The van der Waals surface area contributed by atoms with Gasteiger partial charge in [0.25, 0.3) is 0 Å². The zero-order chi connectivity index (χ0) is 20.1. The van der Waals surface area contributed by atoms with Gasteiger partial charge in [-0.25, -0.2) is 14.6 Å². The highest BCUT2D eigenvalue weighted by Crippen LogP contribution is 2.37. The summed E-state index contributed by atoms with van der Waals surface area (Å²) in [5.41, 5.74) is 0.996. The Bertz CT molecular complexity index is 910. The van der Waals surface area contributed by atoms with Crippen molar-refractivity contribution in [1.82, 2.24) is 0 Å². The molecule has 2 aromatic rings. The molecule has 144 valence electrons. The molecule has 0 aliphatic carbocycles. The van der Waals surface area contributed by atoms with Crippen molar-refractivity contribution >= 4 is 62.0 Å². The van der Waals surface area contributed by atoms with Crippen LogP contribution in [0.25, 0.3) is 0 Å². The first-order valence-electron chi connectivity index (χ1n) is 7.99. The number of thiophene rings is 1. The first-order valence-corrected chi connectivity index (χ1v) is 9.98. The Labute approximate surface area is 173 Å². The molecule has 0 aliphatic heterocycles. The summed E-state index contributed by atoms with van der Waals surface area (Å²) >= 11 is 10.2. The van der Waals surface area contributed by atoms with Gasteiger partial charge in [0.2, 0.25) is 0 Å². The second kappa shape index (κ2) is 9.34. The van der Waals surface area contributed by atoms with E-state index >= 15 is 0 Å². The average molecular weight is 475 g/mol. The van der Waals surface area contributed by atoms with Gasteiger partial charge in [-0.1, -0.05) is 11.6 Å². The summed E-state index contributed by atoms with van der Waals surface area (Å²) in [5.74, 6) is -1.15. The summed E-state index contributed by atoms with van der Waals surface area (Å²) in [6, 6.07) is 3.08. The van der Waals surface area contributed by atoms with Crippen molar-refractivity contribution in [3.63, 3.8) is 0 Å². The van der Waals surface area contributed by atoms with Gasteiger partial charge in [-0.3, -0.25) is 0 Å². The van der Waals surface area contributed by atoms with Crippen LogP contribution in [-0.2, 0) is 9.47 Å². The highest BCUT2D eigenvalue weighted by atomic mass is 79.9. The number of phenolic OH excluding ortho intramolecular Hbond substituents is 1. The number of rotatable bonds is 6. The molecule has 0 saturated carbocycles. The number of aliphatic imine (C=N–C) groups is 1. The van der Waals surface area contributed by atoms with Gasteiger partial charge in [-0.15, -0.1) is 11.3 Å². The molecular formula is C18H17BrClNO5S. The van der Waals surface area contributed by atoms with E-state index in [0.29, 0.717) is 20.6 Å². The zero-order valence-electron chi connectivity index (χ0n) is 14.8. The van der Waals surface area contributed by atoms with Gasteiger partial charge in [0.1, 0.15) is 21.2 Å². The SMILES string of the molecule is CCOC(=O)c1sc(/N=C/c2cc(Cl)cc(Br)c2O)c(C(=O)OCC)c1C. The van der Waals surface area contributed by atoms with Crippen LogP contribution in [-0.4, -0.2) is 36.5 Å². The zero-order valence-corrected chi connectivity index (χ0v) is 18.0. The van der Waals surface area contributed by atoms with Crippen LogP contribution in [0.3, 0.4) is 0 Å². The number of carbonyl (C=O) groups excluding carboxylic acids is 2. The van der Waals surface area contributed by atoms with Crippen LogP contribution < -0.4 is 0 Å². The first kappa shape index (κ1) is 21.4. The van der Waals surface area contributed by atoms with Crippen LogP contribution in [0.4, 0.5) is 5.00 Å². The first-order chi connectivity index (χ1) is 12.8. The summed E-state index contributed by atoms with van der Waals surface area (Å²) in [6.07, 6.45) is 1.37. The number of nitrogens with zero attached hydrogens (tertiary/aromatic N) is 1. The summed E-state index contributed by atoms with van der Waals surface area (Å²) in [4.78, 5) is 29.1. The molecule has 0 aliphatic rings. The van der Waals surface area contributed by atoms with Crippen LogP contribution >= 0.6 is 38.9 Å². The Balaban J connectivity index is 2.53. The number of ether oxygens (including phenoxy) is 2. The number of halogens is 2. The maximum absolute atomic E-state index is 12.3. The maximum atomic E-state index is 12.3. The summed E-state index contributed by atoms with van der Waals surface area (Å²) in [7, 11) is 0. The van der Waals surface area contributed by atoms with Gasteiger partial charge in [0, 0.05) is 16.8 Å². The van der Waals surface area contributed by atoms with Gasteiger partial charge < -0.3 is 14.6 Å². The topological polar surface area (TPSA) is 85.2 Å². The molecule has 0 unspecified atom stereocenters. The number of hydrogen-bond acceptors (Lipinski definition) is 7. The molecule has 6 nitrogen and oxygen atoms in total. The van der Waals surface area contributed by atoms with E-state index in [-0.39, 0.29) is 34.4 Å². The molecule has 27 heavy (non-hydrogen) atoms. The summed E-state index contributed by atoms with van der Waals surface area (Å²) < 4.78 is 10.5. The molecule has 0 bridgehead atoms. The molecule has 0 radical (unpaired) electrons. The van der Waals surface area contributed by atoms with Crippen LogP contribution in [0.5, 0.6) is 5.75 Å². The van der Waals surface area contributed by atoms with Gasteiger partial charge >= 0.3 is 11.9 Å². The molecule has 1 N–H and O–H groups in total. The third-order valence-corrected chi connectivity index (χ3v) is 5.45. The summed E-state index contributed by atoms with van der Waals surface area (Å²) in [6.45, 7) is 5.44. The number of esters is 2. The lowest BCUT2D eigenvalue weighted by molar-refractivity contribution is 0.0527. The number of aromatic hydroxyl groups is 1. The monoisotopic (exact) mass is 473 g/mol. The van der Waals surface area contributed by atoms with E-state index in [0.717, 1.165) is 11.3 Å². The Kier molecular flexibility index (Phi) is 7.41. The molecule has 2 rings (SSSR count). The highest BCUT2D eigenvalue weighted by Gasteiger charge is 2.26. The smallest absolute Gasteiger partial charge is 0.348 e. The van der Waals surface area contributed by atoms with Gasteiger partial charge in [0.15, 0.2) is 0 Å². The third-order valence-electron chi connectivity index (χ3n) is 3.45. The Morgan fingerprint density at radius 3 is 2.52 bits per heavy atom. The Morgan fingerprint density at radius 2 is 1.89 bits per heavy atom. The average Bonchev–Trinajstić information content (AvgIpc) is 2.93. The lowest BCUT2D eigenvalue weighted by atomic mass is 10.1. The van der Waals surface area contributed by atoms with Crippen LogP contribution in [0.15, 0.2) is 21.6 Å². The fourth-order valence-electron chi connectivity index (χ4n) is 2.24. The normalized spacial score (nSPS) is 11.0. The third kappa shape index (κ3) is 4.88. The van der Waals surface area contributed by atoms with E-state index in [1.165, 1.54) is 12.3 Å². The van der Waals surface area contributed by atoms with Crippen LogP contribution in [0.2, 0.25) is 5.02 Å². The van der Waals surface area contributed by atoms with E-state index in [1.54, 1.807) is 26.8 Å². The van der Waals surface area contributed by atoms with Crippen LogP contribution in [0, 0.1) is 6.92 Å². The molecule has 0 saturated heterocycles. The lowest BCUT2D eigenvalue weighted by Crippen LogP contribution is -2.08. The van der Waals surface area contributed by atoms with Gasteiger partial charge in [-0.2, -0.15) is 0 Å². The fraction of sp³-hybridized carbons (Fsp3) is 0.278. The van der Waals surface area contributed by atoms with E-state index in [4.69, 9.17) is 21.1 Å². The predicted molar refractivity (Wildman–Crippen MR) is 109 cm³/mol. The second-order valence-electron chi connectivity index (χ2n) is 5.26. The number of phenols is 1. The second-order valence-corrected chi connectivity index (χ2v) is 7.55. The number of hydrogen-bond donors (Lipinski definition) is 1. The summed E-state index contributed by atoms with van der Waals surface area (Å²) in [5, 5.41) is 10.8. The molecule has 1 aromatic carbocycles. The minimum absolute atomic E-state index is 0.0419. The minimum Gasteiger partial charge on any atom is -0.506 e. The molecular weight excluding hydrogens is 458 g/mol. The highest BCUT2D eigenvalue weighted by molar-refractivity contribution is 9.10. The standard InChI is InChI=1S/C18H17BrClNO5S/c1-4-25-17(23)13-9(3)15(18(24)26-5-2)27-16(13)21-8-10-6-11(20)7-12(19)14(10)22/h6-8,22H,4-5H2,1-3H3/b21-8+. The molecule has 0 fully saturated rings. The maximum Gasteiger partial charge on any atom is 0.348 e. The van der Waals surface area contributed by atoms with E-state index in [2.05, 4.69) is 20.9 Å². The minimum atomic E-state index is -0.578. The van der Waals surface area contributed by atoms with Crippen molar-refractivity contribution < 1.29 is 24.2 Å². The molecule has 0 amide bonds.